The van der Waals surface area contributed by atoms with Crippen LogP contribution in [0.3, 0.4) is 0 Å². The third kappa shape index (κ3) is 5.64. The monoisotopic (exact) mass is 464 g/mol. The van der Waals surface area contributed by atoms with Crippen LogP contribution < -0.4 is 5.32 Å². The molecule has 1 amide bonds. The van der Waals surface area contributed by atoms with Crippen LogP contribution in [0.1, 0.15) is 42.1 Å². The molecule has 1 atom stereocenters. The summed E-state index contributed by atoms with van der Waals surface area (Å²) in [6.07, 6.45) is 1.47. The number of halogens is 1. The van der Waals surface area contributed by atoms with Crippen LogP contribution >= 0.6 is 11.6 Å². The molecule has 1 saturated heterocycles. The van der Waals surface area contributed by atoms with Crippen molar-refractivity contribution in [2.45, 2.75) is 44.1 Å². The van der Waals surface area contributed by atoms with Crippen molar-refractivity contribution in [3.05, 3.63) is 58.6 Å². The van der Waals surface area contributed by atoms with E-state index in [9.17, 15) is 18.0 Å². The van der Waals surface area contributed by atoms with Gasteiger partial charge >= 0.3 is 5.97 Å². The Kier molecular flexibility index (Phi) is 7.35. The van der Waals surface area contributed by atoms with E-state index in [2.05, 4.69) is 5.32 Å². The van der Waals surface area contributed by atoms with Gasteiger partial charge in [-0.3, -0.25) is 4.79 Å². The topological polar surface area (TPSA) is 92.8 Å². The normalized spacial score (nSPS) is 15.8. The number of anilines is 1. The van der Waals surface area contributed by atoms with Crippen molar-refractivity contribution < 1.29 is 22.7 Å². The highest BCUT2D eigenvalue weighted by atomic mass is 35.5. The van der Waals surface area contributed by atoms with Crippen molar-refractivity contribution in [3.63, 3.8) is 0 Å². The van der Waals surface area contributed by atoms with Crippen molar-refractivity contribution in [2.24, 2.45) is 0 Å². The van der Waals surface area contributed by atoms with Crippen molar-refractivity contribution in [3.8, 4) is 0 Å². The van der Waals surface area contributed by atoms with Crippen LogP contribution in [-0.2, 0) is 19.6 Å². The number of piperidine rings is 1. The lowest BCUT2D eigenvalue weighted by Crippen LogP contribution is -2.36. The summed E-state index contributed by atoms with van der Waals surface area (Å²) in [6.45, 7) is 4.19. The van der Waals surface area contributed by atoms with Crippen molar-refractivity contribution >= 4 is 39.2 Å². The van der Waals surface area contributed by atoms with Gasteiger partial charge in [-0.1, -0.05) is 30.2 Å². The quantitative estimate of drug-likeness (QED) is 0.652. The molecule has 7 nitrogen and oxygen atoms in total. The molecular formula is C22H25ClN2O5S. The summed E-state index contributed by atoms with van der Waals surface area (Å²) in [4.78, 5) is 24.8. The van der Waals surface area contributed by atoms with Crippen LogP contribution in [0.15, 0.2) is 47.4 Å². The summed E-state index contributed by atoms with van der Waals surface area (Å²) in [5.41, 5.74) is 1.58. The highest BCUT2D eigenvalue weighted by Crippen LogP contribution is 2.28. The average Bonchev–Trinajstić information content (AvgIpc) is 2.74. The maximum absolute atomic E-state index is 13.0. The zero-order valence-electron chi connectivity index (χ0n) is 17.4. The maximum atomic E-state index is 13.0. The molecule has 0 saturated carbocycles. The number of hydrogen-bond acceptors (Lipinski definition) is 5. The number of nitrogens with zero attached hydrogens (tertiary/aromatic N) is 1. The molecule has 0 bridgehead atoms. The lowest BCUT2D eigenvalue weighted by atomic mass is 10.2. The van der Waals surface area contributed by atoms with Gasteiger partial charge in [0.15, 0.2) is 6.10 Å². The Morgan fingerprint density at radius 1 is 1.10 bits per heavy atom. The Balaban J connectivity index is 1.73. The standard InChI is InChI=1S/C22H25ClN2O5S/c1-15-7-6-8-18(13-15)24-21(26)16(2)30-22(27)17-9-10-19(23)20(14-17)31(28,29)25-11-4-3-5-12-25/h6-10,13-14,16H,3-5,11-12H2,1-2H3,(H,24,26). The van der Waals surface area contributed by atoms with Gasteiger partial charge in [0.1, 0.15) is 4.90 Å². The Bertz CT molecular complexity index is 1080. The Morgan fingerprint density at radius 3 is 2.48 bits per heavy atom. The van der Waals surface area contributed by atoms with Gasteiger partial charge in [0, 0.05) is 18.8 Å². The molecule has 2 aromatic carbocycles. The first-order valence-corrected chi connectivity index (χ1v) is 11.9. The van der Waals surface area contributed by atoms with Gasteiger partial charge in [0.2, 0.25) is 10.0 Å². The Morgan fingerprint density at radius 2 is 1.81 bits per heavy atom. The molecule has 0 aromatic heterocycles. The first kappa shape index (κ1) is 23.2. The van der Waals surface area contributed by atoms with Gasteiger partial charge < -0.3 is 10.1 Å². The molecule has 31 heavy (non-hydrogen) atoms. The summed E-state index contributed by atoms with van der Waals surface area (Å²) in [5, 5.41) is 2.72. The lowest BCUT2D eigenvalue weighted by Gasteiger charge is -2.26. The number of esters is 1. The van der Waals surface area contributed by atoms with Crippen LogP contribution in [0.5, 0.6) is 0 Å². The molecule has 0 aliphatic carbocycles. The first-order valence-electron chi connectivity index (χ1n) is 10.1. The SMILES string of the molecule is Cc1cccc(NC(=O)C(C)OC(=O)c2ccc(Cl)c(S(=O)(=O)N3CCCCC3)c2)c1. The summed E-state index contributed by atoms with van der Waals surface area (Å²) in [6, 6.07) is 11.2. The highest BCUT2D eigenvalue weighted by molar-refractivity contribution is 7.89. The zero-order chi connectivity index (χ0) is 22.6. The number of carbonyl (C=O) groups excluding carboxylic acids is 2. The zero-order valence-corrected chi connectivity index (χ0v) is 19.0. The van der Waals surface area contributed by atoms with Crippen LogP contribution in [-0.4, -0.2) is 43.8 Å². The minimum absolute atomic E-state index is 0.00944. The molecule has 1 N–H and O–H groups in total. The van der Waals surface area contributed by atoms with E-state index in [1.807, 2.05) is 13.0 Å². The van der Waals surface area contributed by atoms with E-state index < -0.39 is 28.0 Å². The number of carbonyl (C=O) groups is 2. The largest absolute Gasteiger partial charge is 0.449 e. The van der Waals surface area contributed by atoms with Gasteiger partial charge in [-0.2, -0.15) is 4.31 Å². The van der Waals surface area contributed by atoms with E-state index in [4.69, 9.17) is 16.3 Å². The predicted molar refractivity (Wildman–Crippen MR) is 119 cm³/mol. The fraction of sp³-hybridized carbons (Fsp3) is 0.364. The van der Waals surface area contributed by atoms with E-state index in [0.29, 0.717) is 18.8 Å². The maximum Gasteiger partial charge on any atom is 0.338 e. The molecule has 1 aliphatic rings. The highest BCUT2D eigenvalue weighted by Gasteiger charge is 2.29. The number of ether oxygens (including phenoxy) is 1. The summed E-state index contributed by atoms with van der Waals surface area (Å²) >= 11 is 6.14. The van der Waals surface area contributed by atoms with Crippen LogP contribution in [0.2, 0.25) is 5.02 Å². The van der Waals surface area contributed by atoms with Gasteiger partial charge in [-0.15, -0.1) is 0 Å². The molecule has 1 aliphatic heterocycles. The van der Waals surface area contributed by atoms with Crippen molar-refractivity contribution in [1.29, 1.82) is 0 Å². The van der Waals surface area contributed by atoms with E-state index in [-0.39, 0.29) is 15.5 Å². The smallest absolute Gasteiger partial charge is 0.338 e. The predicted octanol–water partition coefficient (Wildman–Crippen LogP) is 4.01. The number of aryl methyl sites for hydroxylation is 1. The Labute approximate surface area is 187 Å². The second-order valence-corrected chi connectivity index (χ2v) is 9.83. The minimum Gasteiger partial charge on any atom is -0.449 e. The summed E-state index contributed by atoms with van der Waals surface area (Å²) in [5.74, 6) is -1.30. The third-order valence-electron chi connectivity index (χ3n) is 5.04. The Hall–Kier alpha value is -2.42. The fourth-order valence-corrected chi connectivity index (χ4v) is 5.34. The molecule has 2 aromatic rings. The molecule has 166 valence electrons. The number of rotatable bonds is 6. The molecule has 3 rings (SSSR count). The summed E-state index contributed by atoms with van der Waals surface area (Å²) < 4.78 is 32.6. The lowest BCUT2D eigenvalue weighted by molar-refractivity contribution is -0.123. The first-order chi connectivity index (χ1) is 14.7. The molecule has 0 radical (unpaired) electrons. The number of hydrogen-bond donors (Lipinski definition) is 1. The molecule has 1 fully saturated rings. The molecule has 1 heterocycles. The minimum atomic E-state index is -3.82. The van der Waals surface area contributed by atoms with E-state index in [1.165, 1.54) is 29.4 Å². The number of sulfonamides is 1. The van der Waals surface area contributed by atoms with E-state index in [0.717, 1.165) is 24.8 Å². The van der Waals surface area contributed by atoms with Gasteiger partial charge in [-0.05, 0) is 62.6 Å². The second kappa shape index (κ2) is 9.80. The molecule has 0 spiro atoms. The number of amides is 1. The molecular weight excluding hydrogens is 440 g/mol. The average molecular weight is 465 g/mol. The second-order valence-electron chi connectivity index (χ2n) is 7.52. The van der Waals surface area contributed by atoms with E-state index in [1.54, 1.807) is 18.2 Å². The van der Waals surface area contributed by atoms with Gasteiger partial charge in [0.25, 0.3) is 5.91 Å². The van der Waals surface area contributed by atoms with Gasteiger partial charge in [-0.25, -0.2) is 13.2 Å². The summed E-state index contributed by atoms with van der Waals surface area (Å²) in [7, 11) is -3.82. The van der Waals surface area contributed by atoms with Crippen LogP contribution in [0.25, 0.3) is 0 Å². The van der Waals surface area contributed by atoms with Crippen LogP contribution in [0, 0.1) is 6.92 Å². The number of benzene rings is 2. The third-order valence-corrected chi connectivity index (χ3v) is 7.42. The van der Waals surface area contributed by atoms with Crippen molar-refractivity contribution in [2.75, 3.05) is 18.4 Å². The number of nitrogens with one attached hydrogen (secondary N) is 1. The van der Waals surface area contributed by atoms with Gasteiger partial charge in [0.05, 0.1) is 10.6 Å². The molecule has 1 unspecified atom stereocenters. The van der Waals surface area contributed by atoms with E-state index >= 15 is 0 Å². The molecule has 9 heteroatoms. The van der Waals surface area contributed by atoms with Crippen molar-refractivity contribution in [1.82, 2.24) is 4.31 Å². The fourth-order valence-electron chi connectivity index (χ4n) is 3.32. The van der Waals surface area contributed by atoms with Crippen LogP contribution in [0.4, 0.5) is 5.69 Å².